The van der Waals surface area contributed by atoms with E-state index in [1.165, 1.54) is 12.1 Å². The fourth-order valence-corrected chi connectivity index (χ4v) is 2.84. The van der Waals surface area contributed by atoms with Crippen LogP contribution in [0.25, 0.3) is 0 Å². The van der Waals surface area contributed by atoms with E-state index in [-0.39, 0.29) is 27.3 Å². The van der Waals surface area contributed by atoms with Crippen molar-refractivity contribution in [3.63, 3.8) is 0 Å². The molecule has 2 rings (SSSR count). The molecule has 0 fully saturated rings. The van der Waals surface area contributed by atoms with Crippen LogP contribution in [-0.4, -0.2) is 9.91 Å². The molecule has 1 atom stereocenters. The number of nitro benzene ring substituents is 1. The fraction of sp³-hybridized carbons (Fsp3) is 0.312. The third-order valence-electron chi connectivity index (χ3n) is 3.68. The number of halogens is 4. The van der Waals surface area contributed by atoms with Gasteiger partial charge in [-0.2, -0.15) is 0 Å². The van der Waals surface area contributed by atoms with Crippen molar-refractivity contribution in [2.75, 3.05) is 0 Å². The monoisotopic (exact) mass is 374 g/mol. The molecule has 8 heteroatoms. The number of aromatic nitrogens is 1. The Balaban J connectivity index is 2.17. The van der Waals surface area contributed by atoms with E-state index in [4.69, 9.17) is 23.2 Å². The summed E-state index contributed by atoms with van der Waals surface area (Å²) in [5, 5.41) is 11.4. The number of benzene rings is 1. The van der Waals surface area contributed by atoms with E-state index in [9.17, 15) is 18.9 Å². The first-order valence-corrected chi connectivity index (χ1v) is 7.92. The lowest BCUT2D eigenvalue weighted by Crippen LogP contribution is -2.03. The summed E-state index contributed by atoms with van der Waals surface area (Å²) in [5.41, 5.74) is 0.735. The van der Waals surface area contributed by atoms with Gasteiger partial charge in [-0.25, -0.2) is 13.8 Å². The molecule has 4 nitrogen and oxygen atoms in total. The quantitative estimate of drug-likeness (QED) is 0.355. The number of alkyl halides is 2. The van der Waals surface area contributed by atoms with Gasteiger partial charge >= 0.3 is 0 Å². The van der Waals surface area contributed by atoms with Crippen molar-refractivity contribution in [2.45, 2.75) is 32.1 Å². The summed E-state index contributed by atoms with van der Waals surface area (Å²) < 4.78 is 25.6. The van der Waals surface area contributed by atoms with Crippen LogP contribution in [0.5, 0.6) is 0 Å². The summed E-state index contributed by atoms with van der Waals surface area (Å²) in [6, 6.07) is 6.94. The average molecular weight is 375 g/mol. The lowest BCUT2D eigenvalue weighted by atomic mass is 9.93. The lowest BCUT2D eigenvalue weighted by molar-refractivity contribution is -0.385. The normalized spacial score (nSPS) is 12.4. The molecular weight excluding hydrogens is 361 g/mol. The van der Waals surface area contributed by atoms with E-state index >= 15 is 0 Å². The van der Waals surface area contributed by atoms with E-state index in [1.54, 1.807) is 12.1 Å². The molecule has 0 bridgehead atoms. The van der Waals surface area contributed by atoms with Gasteiger partial charge in [0.15, 0.2) is 0 Å². The predicted octanol–water partition coefficient (Wildman–Crippen LogP) is 5.97. The third kappa shape index (κ3) is 4.61. The zero-order chi connectivity index (χ0) is 17.9. The van der Waals surface area contributed by atoms with Crippen LogP contribution in [0.3, 0.4) is 0 Å². The molecule has 0 aliphatic rings. The third-order valence-corrected chi connectivity index (χ3v) is 4.10. The molecule has 0 radical (unpaired) electrons. The van der Waals surface area contributed by atoms with E-state index < -0.39 is 11.3 Å². The number of rotatable bonds is 6. The maximum atomic E-state index is 12.8. The van der Waals surface area contributed by atoms with Crippen molar-refractivity contribution < 1.29 is 13.7 Å². The van der Waals surface area contributed by atoms with Crippen LogP contribution in [0.2, 0.25) is 10.2 Å². The minimum atomic E-state index is -2.63. The maximum absolute atomic E-state index is 12.8. The van der Waals surface area contributed by atoms with Crippen LogP contribution >= 0.6 is 23.2 Å². The lowest BCUT2D eigenvalue weighted by Gasteiger charge is -2.13. The Morgan fingerprint density at radius 2 is 1.96 bits per heavy atom. The summed E-state index contributed by atoms with van der Waals surface area (Å²) in [5.74, 6) is -0.168. The van der Waals surface area contributed by atoms with Gasteiger partial charge in [-0.05, 0) is 37.0 Å². The Morgan fingerprint density at radius 3 is 2.58 bits per heavy atom. The summed E-state index contributed by atoms with van der Waals surface area (Å²) in [4.78, 5) is 14.7. The smallest absolute Gasteiger partial charge is 0.258 e. The van der Waals surface area contributed by atoms with Crippen LogP contribution in [0.15, 0.2) is 30.3 Å². The van der Waals surface area contributed by atoms with Gasteiger partial charge in [-0.15, -0.1) is 0 Å². The van der Waals surface area contributed by atoms with E-state index in [0.29, 0.717) is 24.1 Å². The Labute approximate surface area is 147 Å². The van der Waals surface area contributed by atoms with Gasteiger partial charge < -0.3 is 0 Å². The second-order valence-electron chi connectivity index (χ2n) is 5.42. The highest BCUT2D eigenvalue weighted by atomic mass is 35.5. The van der Waals surface area contributed by atoms with Crippen molar-refractivity contribution in [1.82, 2.24) is 4.98 Å². The number of hydrogen-bond acceptors (Lipinski definition) is 3. The highest BCUT2D eigenvalue weighted by Crippen LogP contribution is 2.32. The van der Waals surface area contributed by atoms with E-state index in [0.717, 1.165) is 6.07 Å². The molecule has 1 unspecified atom stereocenters. The molecule has 0 aliphatic heterocycles. The molecule has 1 heterocycles. The van der Waals surface area contributed by atoms with Gasteiger partial charge in [0, 0.05) is 27.9 Å². The first-order chi connectivity index (χ1) is 11.3. The molecule has 0 spiro atoms. The van der Waals surface area contributed by atoms with Gasteiger partial charge in [0.05, 0.1) is 4.92 Å². The van der Waals surface area contributed by atoms with Crippen LogP contribution in [-0.2, 0) is 6.42 Å². The number of aryl methyl sites for hydroxylation is 1. The number of pyridine rings is 1. The highest BCUT2D eigenvalue weighted by Gasteiger charge is 2.20. The molecule has 128 valence electrons. The van der Waals surface area contributed by atoms with Crippen LogP contribution in [0.1, 0.15) is 42.5 Å². The van der Waals surface area contributed by atoms with Gasteiger partial charge in [-0.3, -0.25) is 10.1 Å². The van der Waals surface area contributed by atoms with Gasteiger partial charge in [0.25, 0.3) is 12.1 Å². The molecule has 0 saturated carbocycles. The zero-order valence-electron chi connectivity index (χ0n) is 12.7. The summed E-state index contributed by atoms with van der Waals surface area (Å²) in [6.07, 6.45) is -1.75. The molecule has 2 aromatic rings. The largest absolute Gasteiger partial charge is 0.274 e. The molecule has 24 heavy (non-hydrogen) atoms. The van der Waals surface area contributed by atoms with E-state index in [1.807, 2.05) is 6.92 Å². The van der Waals surface area contributed by atoms with E-state index in [2.05, 4.69) is 4.98 Å². The first-order valence-electron chi connectivity index (χ1n) is 7.16. The summed E-state index contributed by atoms with van der Waals surface area (Å²) >= 11 is 11.6. The SMILES string of the molecule is CC(CCc1cc(C(F)F)cc(Cl)n1)c1ccc(Cl)cc1[N+](=O)[O-]. The average Bonchev–Trinajstić information content (AvgIpc) is 2.51. The topological polar surface area (TPSA) is 56.0 Å². The minimum absolute atomic E-state index is 0.00734. The Hall–Kier alpha value is -1.79. The summed E-state index contributed by atoms with van der Waals surface area (Å²) in [6.45, 7) is 1.83. The molecule has 0 amide bonds. The first kappa shape index (κ1) is 18.5. The molecule has 0 saturated heterocycles. The van der Waals surface area contributed by atoms with Gasteiger partial charge in [-0.1, -0.05) is 36.2 Å². The minimum Gasteiger partial charge on any atom is -0.258 e. The van der Waals surface area contributed by atoms with Gasteiger partial charge in [0.2, 0.25) is 0 Å². The maximum Gasteiger partial charge on any atom is 0.274 e. The van der Waals surface area contributed by atoms with Crippen molar-refractivity contribution >= 4 is 28.9 Å². The Morgan fingerprint density at radius 1 is 1.25 bits per heavy atom. The standard InChI is InChI=1S/C16H14Cl2F2N2O2/c1-9(13-5-3-11(17)8-14(13)22(23)24)2-4-12-6-10(16(19)20)7-15(18)21-12/h3,5-9,16H,2,4H2,1H3. The fourth-order valence-electron chi connectivity index (χ4n) is 2.44. The zero-order valence-corrected chi connectivity index (χ0v) is 14.2. The Kier molecular flexibility index (Phi) is 6.07. The van der Waals surface area contributed by atoms with Crippen molar-refractivity contribution in [3.8, 4) is 0 Å². The molecule has 0 aliphatic carbocycles. The Bertz CT molecular complexity index is 757. The molecule has 1 aromatic carbocycles. The highest BCUT2D eigenvalue weighted by molar-refractivity contribution is 6.30. The van der Waals surface area contributed by atoms with Crippen LogP contribution in [0.4, 0.5) is 14.5 Å². The van der Waals surface area contributed by atoms with Crippen LogP contribution < -0.4 is 0 Å². The van der Waals surface area contributed by atoms with Crippen molar-refractivity contribution in [2.24, 2.45) is 0 Å². The van der Waals surface area contributed by atoms with Crippen molar-refractivity contribution in [1.29, 1.82) is 0 Å². The second kappa shape index (κ2) is 7.85. The number of hydrogen-bond donors (Lipinski definition) is 0. The second-order valence-corrected chi connectivity index (χ2v) is 6.24. The van der Waals surface area contributed by atoms with Crippen molar-refractivity contribution in [3.05, 3.63) is 67.4 Å². The molecule has 1 aromatic heterocycles. The van der Waals surface area contributed by atoms with Gasteiger partial charge in [0.1, 0.15) is 5.15 Å². The molecular formula is C16H14Cl2F2N2O2. The number of nitrogens with zero attached hydrogens (tertiary/aromatic N) is 2. The number of nitro groups is 1. The summed E-state index contributed by atoms with van der Waals surface area (Å²) in [7, 11) is 0. The predicted molar refractivity (Wildman–Crippen MR) is 89.0 cm³/mol. The molecule has 0 N–H and O–H groups in total. The van der Waals surface area contributed by atoms with Crippen LogP contribution in [0, 0.1) is 10.1 Å².